The maximum Gasteiger partial charge on any atom is 0.408 e. The Morgan fingerprint density at radius 2 is 1.79 bits per heavy atom. The first-order valence-corrected chi connectivity index (χ1v) is 6.76. The Balaban J connectivity index is 1.71. The predicted molar refractivity (Wildman–Crippen MR) is 69.6 cm³/mol. The molecular formula is C14H23NO4. The molecule has 19 heavy (non-hydrogen) atoms. The van der Waals surface area contributed by atoms with E-state index in [0.717, 1.165) is 25.7 Å². The molecular weight excluding hydrogens is 246 g/mol. The summed E-state index contributed by atoms with van der Waals surface area (Å²) < 4.78 is 9.91. The summed E-state index contributed by atoms with van der Waals surface area (Å²) in [6.07, 6.45) is 3.85. The quantitative estimate of drug-likeness (QED) is 0.796. The Kier molecular flexibility index (Phi) is 3.27. The van der Waals surface area contributed by atoms with E-state index in [9.17, 15) is 9.59 Å². The molecule has 0 aromatic carbocycles. The molecule has 0 unspecified atom stereocenters. The van der Waals surface area contributed by atoms with Crippen LogP contribution in [-0.4, -0.2) is 30.3 Å². The fourth-order valence-corrected chi connectivity index (χ4v) is 3.39. The molecule has 3 aliphatic carbocycles. The van der Waals surface area contributed by atoms with Gasteiger partial charge in [0.05, 0.1) is 7.11 Å². The molecule has 0 atom stereocenters. The summed E-state index contributed by atoms with van der Waals surface area (Å²) in [7, 11) is 1.41. The van der Waals surface area contributed by atoms with Crippen LogP contribution >= 0.6 is 0 Å². The Bertz CT molecular complexity index is 377. The van der Waals surface area contributed by atoms with Gasteiger partial charge in [-0.2, -0.15) is 0 Å². The number of esters is 1. The number of nitrogens with one attached hydrogen (secondary N) is 1. The molecule has 0 aromatic heterocycles. The highest BCUT2D eigenvalue weighted by molar-refractivity contribution is 5.70. The van der Waals surface area contributed by atoms with E-state index in [1.807, 2.05) is 20.8 Å². The monoisotopic (exact) mass is 269 g/mol. The van der Waals surface area contributed by atoms with Crippen LogP contribution in [0.4, 0.5) is 4.79 Å². The van der Waals surface area contributed by atoms with Crippen LogP contribution in [0.5, 0.6) is 0 Å². The van der Waals surface area contributed by atoms with Gasteiger partial charge in [-0.1, -0.05) is 0 Å². The maximum atomic E-state index is 11.7. The van der Waals surface area contributed by atoms with Crippen molar-refractivity contribution in [2.24, 2.45) is 5.41 Å². The molecule has 3 saturated carbocycles. The first kappa shape index (κ1) is 14.2. The number of carbonyl (C=O) groups excluding carboxylic acids is 2. The summed E-state index contributed by atoms with van der Waals surface area (Å²) in [4.78, 5) is 22.8. The molecule has 0 saturated heterocycles. The van der Waals surface area contributed by atoms with Crippen molar-refractivity contribution in [3.63, 3.8) is 0 Å². The molecule has 3 fully saturated rings. The van der Waals surface area contributed by atoms with E-state index < -0.39 is 5.60 Å². The second-order valence-corrected chi connectivity index (χ2v) is 7.01. The van der Waals surface area contributed by atoms with Crippen molar-refractivity contribution in [1.82, 2.24) is 5.32 Å². The van der Waals surface area contributed by atoms with Gasteiger partial charge in [-0.25, -0.2) is 4.79 Å². The molecule has 0 aliphatic heterocycles. The standard InChI is InChI=1S/C14H23NO4/c1-12(2,3)19-11(17)15-14-7-13(8-14,9-14)6-5-10(16)18-4/h5-9H2,1-4H3,(H,15,17). The smallest absolute Gasteiger partial charge is 0.408 e. The van der Waals surface area contributed by atoms with Crippen LogP contribution in [0.2, 0.25) is 0 Å². The van der Waals surface area contributed by atoms with Crippen LogP contribution in [0.25, 0.3) is 0 Å². The van der Waals surface area contributed by atoms with Crippen molar-refractivity contribution in [1.29, 1.82) is 0 Å². The average Bonchev–Trinajstić information content (AvgIpc) is 2.16. The van der Waals surface area contributed by atoms with E-state index in [2.05, 4.69) is 10.1 Å². The van der Waals surface area contributed by atoms with E-state index in [4.69, 9.17) is 4.74 Å². The lowest BCUT2D eigenvalue weighted by atomic mass is 9.38. The summed E-state index contributed by atoms with van der Waals surface area (Å²) in [5.41, 5.74) is -0.280. The summed E-state index contributed by atoms with van der Waals surface area (Å²) in [5, 5.41) is 2.96. The first-order chi connectivity index (χ1) is 8.68. The van der Waals surface area contributed by atoms with Gasteiger partial charge in [0.15, 0.2) is 0 Å². The van der Waals surface area contributed by atoms with Gasteiger partial charge in [0.25, 0.3) is 0 Å². The van der Waals surface area contributed by atoms with Gasteiger partial charge < -0.3 is 14.8 Å². The summed E-state index contributed by atoms with van der Waals surface area (Å²) in [6, 6.07) is 0. The molecule has 5 heteroatoms. The average molecular weight is 269 g/mol. The first-order valence-electron chi connectivity index (χ1n) is 6.76. The zero-order chi connectivity index (χ0) is 14.3. The Labute approximate surface area is 114 Å². The van der Waals surface area contributed by atoms with E-state index in [1.54, 1.807) is 0 Å². The van der Waals surface area contributed by atoms with E-state index in [1.165, 1.54) is 7.11 Å². The van der Waals surface area contributed by atoms with Crippen molar-refractivity contribution in [3.8, 4) is 0 Å². The zero-order valence-corrected chi connectivity index (χ0v) is 12.2. The third-order valence-electron chi connectivity index (χ3n) is 3.99. The number of ether oxygens (including phenoxy) is 2. The van der Waals surface area contributed by atoms with Gasteiger partial charge in [-0.05, 0) is 51.9 Å². The number of methoxy groups -OCH3 is 1. The van der Waals surface area contributed by atoms with Crippen molar-refractivity contribution >= 4 is 12.1 Å². The van der Waals surface area contributed by atoms with Crippen LogP contribution in [0.3, 0.4) is 0 Å². The minimum absolute atomic E-state index is 0.0710. The van der Waals surface area contributed by atoms with Crippen molar-refractivity contribution < 1.29 is 19.1 Å². The molecule has 0 radical (unpaired) electrons. The molecule has 3 rings (SSSR count). The van der Waals surface area contributed by atoms with Crippen LogP contribution in [0.15, 0.2) is 0 Å². The number of alkyl carbamates (subject to hydrolysis) is 1. The minimum atomic E-state index is -0.462. The fraction of sp³-hybridized carbons (Fsp3) is 0.857. The third-order valence-corrected chi connectivity index (χ3v) is 3.99. The normalized spacial score (nSPS) is 31.8. The van der Waals surface area contributed by atoms with Gasteiger partial charge in [0.1, 0.15) is 5.60 Å². The number of hydrogen-bond acceptors (Lipinski definition) is 4. The summed E-state index contributed by atoms with van der Waals surface area (Å²) >= 11 is 0. The lowest BCUT2D eigenvalue weighted by Crippen LogP contribution is -2.74. The van der Waals surface area contributed by atoms with E-state index in [0.29, 0.717) is 6.42 Å². The lowest BCUT2D eigenvalue weighted by molar-refractivity contribution is -0.165. The minimum Gasteiger partial charge on any atom is -0.469 e. The second kappa shape index (κ2) is 4.39. The summed E-state index contributed by atoms with van der Waals surface area (Å²) in [5.74, 6) is -0.154. The van der Waals surface area contributed by atoms with Gasteiger partial charge in [0.2, 0.25) is 0 Å². The SMILES string of the molecule is COC(=O)CCC12CC(NC(=O)OC(C)(C)C)(C1)C2. The van der Waals surface area contributed by atoms with Gasteiger partial charge in [-0.3, -0.25) is 4.79 Å². The van der Waals surface area contributed by atoms with E-state index >= 15 is 0 Å². The van der Waals surface area contributed by atoms with Crippen LogP contribution in [0.1, 0.15) is 52.9 Å². The number of hydrogen-bond donors (Lipinski definition) is 1. The topological polar surface area (TPSA) is 64.6 Å². The Morgan fingerprint density at radius 3 is 2.26 bits per heavy atom. The third kappa shape index (κ3) is 3.01. The predicted octanol–water partition coefficient (Wildman–Crippen LogP) is 2.39. The molecule has 0 aromatic rings. The molecule has 2 bridgehead atoms. The molecule has 108 valence electrons. The molecule has 1 amide bonds. The van der Waals surface area contributed by atoms with Gasteiger partial charge in [0, 0.05) is 12.0 Å². The van der Waals surface area contributed by atoms with Crippen LogP contribution in [-0.2, 0) is 14.3 Å². The van der Waals surface area contributed by atoms with Gasteiger partial charge in [-0.15, -0.1) is 0 Å². The number of carbonyl (C=O) groups is 2. The molecule has 5 nitrogen and oxygen atoms in total. The maximum absolute atomic E-state index is 11.7. The highest BCUT2D eigenvalue weighted by atomic mass is 16.6. The second-order valence-electron chi connectivity index (χ2n) is 7.01. The van der Waals surface area contributed by atoms with Crippen molar-refractivity contribution in [2.75, 3.05) is 7.11 Å². The van der Waals surface area contributed by atoms with Crippen LogP contribution < -0.4 is 5.32 Å². The van der Waals surface area contributed by atoms with E-state index in [-0.39, 0.29) is 23.0 Å². The molecule has 0 heterocycles. The van der Waals surface area contributed by atoms with Crippen molar-refractivity contribution in [3.05, 3.63) is 0 Å². The van der Waals surface area contributed by atoms with Crippen molar-refractivity contribution in [2.45, 2.75) is 64.0 Å². The Hall–Kier alpha value is -1.26. The number of amides is 1. The zero-order valence-electron chi connectivity index (χ0n) is 12.2. The highest BCUT2D eigenvalue weighted by Crippen LogP contribution is 2.69. The molecule has 3 aliphatic rings. The molecule has 1 N–H and O–H groups in total. The highest BCUT2D eigenvalue weighted by Gasteiger charge is 2.68. The number of rotatable bonds is 4. The Morgan fingerprint density at radius 1 is 1.21 bits per heavy atom. The summed E-state index contributed by atoms with van der Waals surface area (Å²) in [6.45, 7) is 5.56. The largest absolute Gasteiger partial charge is 0.469 e. The lowest BCUT2D eigenvalue weighted by Gasteiger charge is -2.70. The van der Waals surface area contributed by atoms with Crippen LogP contribution in [0, 0.1) is 5.41 Å². The van der Waals surface area contributed by atoms with Gasteiger partial charge >= 0.3 is 12.1 Å². The fourth-order valence-electron chi connectivity index (χ4n) is 3.39. The molecule has 0 spiro atoms.